The maximum absolute atomic E-state index is 13.6. The molecule has 2 aromatic carbocycles. The molecule has 0 radical (unpaired) electrons. The zero-order chi connectivity index (χ0) is 18.5. The molecule has 5 nitrogen and oxygen atoms in total. The minimum atomic E-state index is -0.311. The van der Waals surface area contributed by atoms with E-state index < -0.39 is 0 Å². The molecule has 0 spiro atoms. The van der Waals surface area contributed by atoms with Crippen LogP contribution in [-0.2, 0) is 6.54 Å². The van der Waals surface area contributed by atoms with E-state index in [1.807, 2.05) is 18.2 Å². The zero-order valence-electron chi connectivity index (χ0n) is 14.5. The molecule has 0 atom stereocenters. The highest BCUT2D eigenvalue weighted by molar-refractivity contribution is 6.32. The van der Waals surface area contributed by atoms with Gasteiger partial charge < -0.3 is 19.9 Å². The Kier molecular flexibility index (Phi) is 5.83. The number of piperazine rings is 1. The Labute approximate surface area is 157 Å². The van der Waals surface area contributed by atoms with Crippen LogP contribution in [0.25, 0.3) is 0 Å². The second kappa shape index (κ2) is 8.27. The number of nitrogens with zero attached hydrogens (tertiary/aromatic N) is 2. The lowest BCUT2D eigenvalue weighted by Crippen LogP contribution is -2.51. The van der Waals surface area contributed by atoms with Gasteiger partial charge in [-0.3, -0.25) is 0 Å². The molecule has 138 valence electrons. The maximum Gasteiger partial charge on any atom is 0.317 e. The van der Waals surface area contributed by atoms with Gasteiger partial charge in [-0.15, -0.1) is 0 Å². The van der Waals surface area contributed by atoms with Crippen LogP contribution in [0, 0.1) is 5.82 Å². The van der Waals surface area contributed by atoms with Crippen molar-refractivity contribution in [1.82, 2.24) is 10.2 Å². The first-order valence-corrected chi connectivity index (χ1v) is 8.81. The van der Waals surface area contributed by atoms with E-state index in [2.05, 4.69) is 10.2 Å². The molecule has 1 heterocycles. The quantitative estimate of drug-likeness (QED) is 0.886. The highest BCUT2D eigenvalue weighted by atomic mass is 35.5. The molecule has 7 heteroatoms. The second-order valence-corrected chi connectivity index (χ2v) is 6.45. The molecule has 1 N–H and O–H groups in total. The lowest BCUT2D eigenvalue weighted by Gasteiger charge is -2.36. The molecule has 0 saturated carbocycles. The Morgan fingerprint density at radius 2 is 1.92 bits per heavy atom. The fourth-order valence-electron chi connectivity index (χ4n) is 2.94. The SMILES string of the molecule is COc1ccc(N2CCN(C(=O)NCc3ccccc3F)CC2)cc1Cl. The summed E-state index contributed by atoms with van der Waals surface area (Å²) in [5.41, 5.74) is 1.48. The summed E-state index contributed by atoms with van der Waals surface area (Å²) in [6, 6.07) is 11.9. The number of nitrogens with one attached hydrogen (secondary N) is 1. The number of amides is 2. The summed E-state index contributed by atoms with van der Waals surface area (Å²) >= 11 is 6.18. The van der Waals surface area contributed by atoms with Gasteiger partial charge in [-0.25, -0.2) is 9.18 Å². The van der Waals surface area contributed by atoms with Crippen LogP contribution in [0.2, 0.25) is 5.02 Å². The molecule has 0 bridgehead atoms. The fraction of sp³-hybridized carbons (Fsp3) is 0.316. The number of ether oxygens (including phenoxy) is 1. The van der Waals surface area contributed by atoms with Gasteiger partial charge in [0.25, 0.3) is 0 Å². The summed E-state index contributed by atoms with van der Waals surface area (Å²) in [4.78, 5) is 16.2. The average Bonchev–Trinajstić information content (AvgIpc) is 2.67. The minimum absolute atomic E-state index is 0.180. The number of hydrogen-bond donors (Lipinski definition) is 1. The first-order chi connectivity index (χ1) is 12.6. The van der Waals surface area contributed by atoms with Crippen molar-refractivity contribution in [2.45, 2.75) is 6.54 Å². The van der Waals surface area contributed by atoms with Crippen LogP contribution in [0.3, 0.4) is 0 Å². The molecular formula is C19H21ClFN3O2. The molecule has 1 aliphatic heterocycles. The predicted molar refractivity (Wildman–Crippen MR) is 100 cm³/mol. The highest BCUT2D eigenvalue weighted by Crippen LogP contribution is 2.29. The molecule has 1 fully saturated rings. The van der Waals surface area contributed by atoms with Crippen LogP contribution in [0.1, 0.15) is 5.56 Å². The number of urea groups is 1. The Hall–Kier alpha value is -2.47. The van der Waals surface area contributed by atoms with Gasteiger partial charge in [-0.1, -0.05) is 29.8 Å². The van der Waals surface area contributed by atoms with Gasteiger partial charge >= 0.3 is 6.03 Å². The smallest absolute Gasteiger partial charge is 0.317 e. The Morgan fingerprint density at radius 3 is 2.58 bits per heavy atom. The number of benzene rings is 2. The Morgan fingerprint density at radius 1 is 1.19 bits per heavy atom. The summed E-state index contributed by atoms with van der Waals surface area (Å²) in [6.07, 6.45) is 0. The first kappa shape index (κ1) is 18.3. The normalized spacial score (nSPS) is 14.3. The largest absolute Gasteiger partial charge is 0.495 e. The molecule has 2 aromatic rings. The number of halogens is 2. The van der Waals surface area contributed by atoms with E-state index in [-0.39, 0.29) is 18.4 Å². The number of rotatable bonds is 4. The van der Waals surface area contributed by atoms with Crippen LogP contribution >= 0.6 is 11.6 Å². The monoisotopic (exact) mass is 377 g/mol. The van der Waals surface area contributed by atoms with E-state index in [9.17, 15) is 9.18 Å². The van der Waals surface area contributed by atoms with E-state index >= 15 is 0 Å². The van der Waals surface area contributed by atoms with Crippen molar-refractivity contribution in [2.24, 2.45) is 0 Å². The summed E-state index contributed by atoms with van der Waals surface area (Å²) in [6.45, 7) is 2.77. The third-order valence-electron chi connectivity index (χ3n) is 4.46. The molecule has 0 unspecified atom stereocenters. The molecule has 1 aliphatic rings. The van der Waals surface area contributed by atoms with E-state index in [1.54, 1.807) is 30.2 Å². The summed E-state index contributed by atoms with van der Waals surface area (Å²) in [7, 11) is 1.58. The van der Waals surface area contributed by atoms with Crippen LogP contribution in [0.4, 0.5) is 14.9 Å². The van der Waals surface area contributed by atoms with Gasteiger partial charge in [0, 0.05) is 44.0 Å². The molecule has 0 aromatic heterocycles. The summed E-state index contributed by atoms with van der Waals surface area (Å²) in [5.74, 6) is 0.329. The van der Waals surface area contributed by atoms with Gasteiger partial charge in [0.1, 0.15) is 11.6 Å². The number of carbonyl (C=O) groups is 1. The number of methoxy groups -OCH3 is 1. The fourth-order valence-corrected chi connectivity index (χ4v) is 3.20. The molecule has 0 aliphatic carbocycles. The van der Waals surface area contributed by atoms with Gasteiger partial charge in [-0.2, -0.15) is 0 Å². The van der Waals surface area contributed by atoms with Crippen LogP contribution < -0.4 is 15.0 Å². The Bertz CT molecular complexity index is 779. The zero-order valence-corrected chi connectivity index (χ0v) is 15.3. The van der Waals surface area contributed by atoms with Crippen molar-refractivity contribution in [1.29, 1.82) is 0 Å². The van der Waals surface area contributed by atoms with Crippen LogP contribution in [-0.4, -0.2) is 44.2 Å². The van der Waals surface area contributed by atoms with Gasteiger partial charge in [0.15, 0.2) is 0 Å². The molecule has 3 rings (SSSR count). The van der Waals surface area contributed by atoms with Crippen LogP contribution in [0.5, 0.6) is 5.75 Å². The van der Waals surface area contributed by atoms with Gasteiger partial charge in [0.05, 0.1) is 12.1 Å². The summed E-state index contributed by atoms with van der Waals surface area (Å²) < 4.78 is 18.8. The number of anilines is 1. The summed E-state index contributed by atoms with van der Waals surface area (Å²) in [5, 5.41) is 3.34. The third-order valence-corrected chi connectivity index (χ3v) is 4.75. The number of hydrogen-bond acceptors (Lipinski definition) is 3. The maximum atomic E-state index is 13.6. The molecular weight excluding hydrogens is 357 g/mol. The average molecular weight is 378 g/mol. The van der Waals surface area contributed by atoms with Gasteiger partial charge in [0.2, 0.25) is 0 Å². The van der Waals surface area contributed by atoms with Crippen molar-refractivity contribution in [3.63, 3.8) is 0 Å². The van der Waals surface area contributed by atoms with E-state index in [0.29, 0.717) is 42.5 Å². The van der Waals surface area contributed by atoms with Crippen molar-refractivity contribution >= 4 is 23.3 Å². The lowest BCUT2D eigenvalue weighted by atomic mass is 10.2. The topological polar surface area (TPSA) is 44.8 Å². The molecule has 1 saturated heterocycles. The van der Waals surface area contributed by atoms with E-state index in [4.69, 9.17) is 16.3 Å². The Balaban J connectivity index is 1.52. The first-order valence-electron chi connectivity index (χ1n) is 8.43. The molecule has 2 amide bonds. The third kappa shape index (κ3) is 4.19. The number of carbonyl (C=O) groups excluding carboxylic acids is 1. The van der Waals surface area contributed by atoms with Crippen molar-refractivity contribution in [2.75, 3.05) is 38.2 Å². The van der Waals surface area contributed by atoms with Gasteiger partial charge in [-0.05, 0) is 24.3 Å². The standard InChI is InChI=1S/C19H21ClFN3O2/c1-26-18-7-6-15(12-16(18)20)23-8-10-24(11-9-23)19(25)22-13-14-4-2-3-5-17(14)21/h2-7,12H,8-11,13H2,1H3,(H,22,25). The molecule has 26 heavy (non-hydrogen) atoms. The highest BCUT2D eigenvalue weighted by Gasteiger charge is 2.21. The van der Waals surface area contributed by atoms with E-state index in [1.165, 1.54) is 6.07 Å². The predicted octanol–water partition coefficient (Wildman–Crippen LogP) is 3.52. The van der Waals surface area contributed by atoms with Crippen molar-refractivity contribution in [3.05, 3.63) is 58.9 Å². The van der Waals surface area contributed by atoms with Crippen molar-refractivity contribution in [3.8, 4) is 5.75 Å². The minimum Gasteiger partial charge on any atom is -0.495 e. The lowest BCUT2D eigenvalue weighted by molar-refractivity contribution is 0.194. The van der Waals surface area contributed by atoms with E-state index in [0.717, 1.165) is 5.69 Å². The van der Waals surface area contributed by atoms with Crippen molar-refractivity contribution < 1.29 is 13.9 Å². The van der Waals surface area contributed by atoms with Crippen LogP contribution in [0.15, 0.2) is 42.5 Å². The second-order valence-electron chi connectivity index (χ2n) is 6.04.